The maximum Gasteiger partial charge on any atom is 0.338 e. The average Bonchev–Trinajstić information content (AvgIpc) is 2.58. The molecule has 2 aromatic carbocycles. The Morgan fingerprint density at radius 3 is 2.44 bits per heavy atom. The van der Waals surface area contributed by atoms with E-state index >= 15 is 0 Å². The molecule has 0 aliphatic carbocycles. The van der Waals surface area contributed by atoms with Crippen LogP contribution in [0.1, 0.15) is 17.3 Å². The fourth-order valence-corrected chi connectivity index (χ4v) is 2.48. The molecule has 0 saturated carbocycles. The molecular weight excluding hydrogens is 549 g/mol. The number of benzene rings is 2. The third kappa shape index (κ3) is 4.78. The third-order valence-corrected chi connectivity index (χ3v) is 7.13. The van der Waals surface area contributed by atoms with Gasteiger partial charge in [0.25, 0.3) is 0 Å². The summed E-state index contributed by atoms with van der Waals surface area (Å²) in [5, 5.41) is 11.0. The first-order chi connectivity index (χ1) is 11.7. The van der Waals surface area contributed by atoms with Crippen LogP contribution < -0.4 is 0 Å². The molecule has 0 spiro atoms. The van der Waals surface area contributed by atoms with Gasteiger partial charge in [-0.3, -0.25) is 4.79 Å². The van der Waals surface area contributed by atoms with Crippen LogP contribution in [-0.4, -0.2) is 45.4 Å². The van der Waals surface area contributed by atoms with Crippen molar-refractivity contribution in [2.45, 2.75) is 14.2 Å². The van der Waals surface area contributed by atoms with E-state index in [1.54, 1.807) is 43.3 Å². The lowest BCUT2D eigenvalue weighted by Crippen LogP contribution is -2.39. The minimum Gasteiger partial charge on any atom is -0.507 e. The first-order valence-corrected chi connectivity index (χ1v) is 9.71. The fourth-order valence-electron chi connectivity index (χ4n) is 2.07. The van der Waals surface area contributed by atoms with Crippen molar-refractivity contribution in [2.75, 3.05) is 13.2 Å². The van der Waals surface area contributed by atoms with Crippen molar-refractivity contribution in [3.63, 3.8) is 0 Å². The lowest BCUT2D eigenvalue weighted by atomic mass is 9.92. The Kier molecular flexibility index (Phi) is 6.95. The standard InChI is InChI=1S/C17H15BI2O5/c1-17(20,15(18)19)16(23)25-9-8-24-14(22)12-6-2-5-11-10(12)4-3-7-13(11)21/h2-7,15,21H,8-9H2,1H3. The molecule has 2 unspecified atom stereocenters. The summed E-state index contributed by atoms with van der Waals surface area (Å²) in [7, 11) is 5.74. The number of halogens is 2. The lowest BCUT2D eigenvalue weighted by Gasteiger charge is -2.23. The molecule has 1 N–H and O–H groups in total. The van der Waals surface area contributed by atoms with Crippen molar-refractivity contribution in [2.24, 2.45) is 0 Å². The topological polar surface area (TPSA) is 72.8 Å². The molecule has 0 aliphatic rings. The number of alkyl halides is 2. The molecule has 0 aromatic heterocycles. The molecule has 0 aliphatic heterocycles. The van der Waals surface area contributed by atoms with Crippen molar-refractivity contribution in [3.05, 3.63) is 42.0 Å². The van der Waals surface area contributed by atoms with Crippen LogP contribution in [0.25, 0.3) is 10.8 Å². The van der Waals surface area contributed by atoms with Crippen LogP contribution >= 0.6 is 45.2 Å². The van der Waals surface area contributed by atoms with E-state index in [9.17, 15) is 14.7 Å². The zero-order valence-electron chi connectivity index (χ0n) is 13.4. The van der Waals surface area contributed by atoms with E-state index in [0.717, 1.165) is 0 Å². The number of hydrogen-bond acceptors (Lipinski definition) is 5. The molecule has 0 amide bonds. The zero-order valence-corrected chi connectivity index (χ0v) is 17.7. The Morgan fingerprint density at radius 1 is 1.16 bits per heavy atom. The van der Waals surface area contributed by atoms with E-state index in [1.807, 2.05) is 45.2 Å². The van der Waals surface area contributed by atoms with Gasteiger partial charge in [-0.05, 0) is 28.3 Å². The molecule has 0 fully saturated rings. The Labute approximate surface area is 174 Å². The van der Waals surface area contributed by atoms with Crippen molar-refractivity contribution < 1.29 is 24.2 Å². The summed E-state index contributed by atoms with van der Waals surface area (Å²) in [5.41, 5.74) is 0.341. The summed E-state index contributed by atoms with van der Waals surface area (Å²) in [6.07, 6.45) is 0. The van der Waals surface area contributed by atoms with Crippen LogP contribution in [0.2, 0.25) is 0 Å². The largest absolute Gasteiger partial charge is 0.507 e. The van der Waals surface area contributed by atoms with Crippen LogP contribution in [0.4, 0.5) is 0 Å². The van der Waals surface area contributed by atoms with Crippen LogP contribution in [0.3, 0.4) is 0 Å². The molecule has 8 heteroatoms. The van der Waals surface area contributed by atoms with Crippen molar-refractivity contribution >= 4 is 75.7 Å². The second-order valence-corrected chi connectivity index (χ2v) is 9.01. The number of phenolic OH excluding ortho intramolecular Hbond substituents is 1. The fraction of sp³-hybridized carbons (Fsp3) is 0.294. The Bertz CT molecular complexity index is 792. The molecule has 25 heavy (non-hydrogen) atoms. The number of carbonyl (C=O) groups is 2. The molecule has 2 atom stereocenters. The van der Waals surface area contributed by atoms with Crippen molar-refractivity contribution in [1.82, 2.24) is 0 Å². The van der Waals surface area contributed by atoms with Gasteiger partial charge in [0.15, 0.2) is 0 Å². The molecule has 2 rings (SSSR count). The van der Waals surface area contributed by atoms with E-state index < -0.39 is 19.2 Å². The van der Waals surface area contributed by atoms with Gasteiger partial charge in [-0.1, -0.05) is 69.4 Å². The van der Waals surface area contributed by atoms with E-state index in [-0.39, 0.29) is 19.0 Å². The Balaban J connectivity index is 1.96. The number of hydrogen-bond donors (Lipinski definition) is 1. The summed E-state index contributed by atoms with van der Waals surface area (Å²) in [6, 6.07) is 9.95. The lowest BCUT2D eigenvalue weighted by molar-refractivity contribution is -0.146. The highest BCUT2D eigenvalue weighted by Gasteiger charge is 2.35. The van der Waals surface area contributed by atoms with Crippen molar-refractivity contribution in [3.8, 4) is 5.75 Å². The van der Waals surface area contributed by atoms with E-state index in [1.165, 1.54) is 0 Å². The van der Waals surface area contributed by atoms with Gasteiger partial charge >= 0.3 is 11.9 Å². The second kappa shape index (κ2) is 8.57. The molecule has 2 radical (unpaired) electrons. The highest BCUT2D eigenvalue weighted by molar-refractivity contribution is 14.1. The van der Waals surface area contributed by atoms with E-state index in [4.69, 9.17) is 17.3 Å². The van der Waals surface area contributed by atoms with Gasteiger partial charge in [0.1, 0.15) is 22.4 Å². The van der Waals surface area contributed by atoms with Gasteiger partial charge in [-0.2, -0.15) is 0 Å². The predicted octanol–water partition coefficient (Wildman–Crippen LogP) is 3.37. The molecule has 130 valence electrons. The van der Waals surface area contributed by atoms with E-state index in [2.05, 4.69) is 0 Å². The van der Waals surface area contributed by atoms with Gasteiger partial charge in [-0.15, -0.1) is 0 Å². The second-order valence-electron chi connectivity index (χ2n) is 5.43. The highest BCUT2D eigenvalue weighted by atomic mass is 127. The van der Waals surface area contributed by atoms with Gasteiger partial charge in [0.2, 0.25) is 0 Å². The summed E-state index contributed by atoms with van der Waals surface area (Å²) >= 11 is 3.89. The van der Waals surface area contributed by atoms with Crippen LogP contribution in [-0.2, 0) is 14.3 Å². The minimum atomic E-state index is -0.852. The maximum atomic E-state index is 12.3. The third-order valence-electron chi connectivity index (χ3n) is 3.59. The summed E-state index contributed by atoms with van der Waals surface area (Å²) in [5.74, 6) is -0.909. The molecule has 0 heterocycles. The molecule has 2 aromatic rings. The first-order valence-electron chi connectivity index (χ1n) is 7.38. The molecular formula is C17H15BI2O5. The maximum absolute atomic E-state index is 12.3. The molecule has 0 bridgehead atoms. The number of aromatic hydroxyl groups is 1. The quantitative estimate of drug-likeness (QED) is 0.192. The van der Waals surface area contributed by atoms with Crippen LogP contribution in [0, 0.1) is 0 Å². The first kappa shape index (κ1) is 20.3. The summed E-state index contributed by atoms with van der Waals surface area (Å²) in [6.45, 7) is 1.56. The Morgan fingerprint density at radius 2 is 1.76 bits per heavy atom. The van der Waals surface area contributed by atoms with E-state index in [0.29, 0.717) is 16.3 Å². The van der Waals surface area contributed by atoms with Gasteiger partial charge in [0.05, 0.1) is 13.4 Å². The number of ether oxygens (including phenoxy) is 2. The predicted molar refractivity (Wildman–Crippen MR) is 113 cm³/mol. The van der Waals surface area contributed by atoms with Crippen molar-refractivity contribution in [1.29, 1.82) is 0 Å². The number of carbonyl (C=O) groups excluding carboxylic acids is 2. The molecule has 5 nitrogen and oxygen atoms in total. The molecule has 0 saturated heterocycles. The smallest absolute Gasteiger partial charge is 0.338 e. The minimum absolute atomic E-state index is 0.0530. The summed E-state index contributed by atoms with van der Waals surface area (Å²) in [4.78, 5) is 24.2. The van der Waals surface area contributed by atoms with Gasteiger partial charge in [-0.25, -0.2) is 4.79 Å². The van der Waals surface area contributed by atoms with Gasteiger partial charge in [0, 0.05) is 5.39 Å². The zero-order chi connectivity index (χ0) is 18.6. The monoisotopic (exact) mass is 564 g/mol. The SMILES string of the molecule is [B]C(I)C(C)(I)C(=O)OCCOC(=O)c1cccc2c(O)cccc12. The number of phenols is 1. The summed E-state index contributed by atoms with van der Waals surface area (Å²) < 4.78 is 9.03. The number of fused-ring (bicyclic) bond motifs is 1. The number of rotatable bonds is 6. The Hall–Kier alpha value is -1.04. The van der Waals surface area contributed by atoms with Crippen LogP contribution in [0.5, 0.6) is 5.75 Å². The highest BCUT2D eigenvalue weighted by Crippen LogP contribution is 2.28. The number of esters is 2. The van der Waals surface area contributed by atoms with Crippen LogP contribution in [0.15, 0.2) is 36.4 Å². The normalized spacial score (nSPS) is 14.5. The average molecular weight is 564 g/mol. The van der Waals surface area contributed by atoms with Gasteiger partial charge < -0.3 is 14.6 Å².